The average molecular weight is 408 g/mol. The molecule has 0 aliphatic heterocycles. The van der Waals surface area contributed by atoms with Crippen molar-refractivity contribution in [3.05, 3.63) is 30.1 Å². The maximum atomic E-state index is 13.1. The zero-order chi connectivity index (χ0) is 20.5. The third-order valence-electron chi connectivity index (χ3n) is 4.34. The molecule has 2 aromatic rings. The quantitative estimate of drug-likeness (QED) is 0.551. The van der Waals surface area contributed by atoms with Gasteiger partial charge in [0.2, 0.25) is 11.0 Å². The number of amides is 3. The molecule has 0 saturated carbocycles. The van der Waals surface area contributed by atoms with Crippen molar-refractivity contribution in [2.45, 2.75) is 46.1 Å². The Kier molecular flexibility index (Phi) is 8.31. The van der Waals surface area contributed by atoms with E-state index in [0.717, 1.165) is 19.3 Å². The SMILES string of the molecule is CCCCNC(=O)N[C@@H](C(=O)Nc1nnc(-c2ccc(F)cc2)s1)[C@H](C)CC. The highest BCUT2D eigenvalue weighted by atomic mass is 32.1. The molecule has 0 saturated heterocycles. The van der Waals surface area contributed by atoms with E-state index in [-0.39, 0.29) is 23.7 Å². The van der Waals surface area contributed by atoms with Crippen LogP contribution < -0.4 is 16.0 Å². The molecule has 28 heavy (non-hydrogen) atoms. The molecule has 1 aromatic heterocycles. The van der Waals surface area contributed by atoms with Crippen molar-refractivity contribution in [3.8, 4) is 10.6 Å². The highest BCUT2D eigenvalue weighted by Gasteiger charge is 2.26. The molecule has 2 atom stereocenters. The van der Waals surface area contributed by atoms with Crippen LogP contribution in [-0.4, -0.2) is 34.7 Å². The maximum Gasteiger partial charge on any atom is 0.315 e. The molecule has 152 valence electrons. The first-order valence-corrected chi connectivity index (χ1v) is 10.2. The summed E-state index contributed by atoms with van der Waals surface area (Å²) in [6, 6.07) is 4.84. The Bertz CT molecular complexity index is 781. The van der Waals surface area contributed by atoms with Crippen molar-refractivity contribution in [2.24, 2.45) is 5.92 Å². The van der Waals surface area contributed by atoms with Crippen molar-refractivity contribution in [1.29, 1.82) is 0 Å². The minimum atomic E-state index is -0.690. The monoisotopic (exact) mass is 407 g/mol. The second-order valence-corrected chi connectivity index (χ2v) is 7.50. The van der Waals surface area contributed by atoms with Gasteiger partial charge in [0.25, 0.3) is 0 Å². The molecule has 0 aliphatic rings. The Hall–Kier alpha value is -2.55. The van der Waals surface area contributed by atoms with E-state index >= 15 is 0 Å². The predicted octanol–water partition coefficient (Wildman–Crippen LogP) is 3.80. The first kappa shape index (κ1) is 21.7. The lowest BCUT2D eigenvalue weighted by molar-refractivity contribution is -0.119. The molecule has 0 bridgehead atoms. The lowest BCUT2D eigenvalue weighted by Gasteiger charge is -2.23. The first-order valence-electron chi connectivity index (χ1n) is 9.39. The van der Waals surface area contributed by atoms with Gasteiger partial charge in [0.1, 0.15) is 16.9 Å². The Balaban J connectivity index is 2.02. The van der Waals surface area contributed by atoms with Crippen LogP contribution in [0.3, 0.4) is 0 Å². The number of halogens is 1. The molecule has 0 unspecified atom stereocenters. The number of benzene rings is 1. The van der Waals surface area contributed by atoms with Crippen molar-refractivity contribution >= 4 is 28.4 Å². The van der Waals surface area contributed by atoms with E-state index in [0.29, 0.717) is 22.2 Å². The number of anilines is 1. The van der Waals surface area contributed by atoms with E-state index < -0.39 is 6.04 Å². The topological polar surface area (TPSA) is 96.0 Å². The number of carbonyl (C=O) groups excluding carboxylic acids is 2. The summed E-state index contributed by atoms with van der Waals surface area (Å²) in [5.41, 5.74) is 0.714. The minimum Gasteiger partial charge on any atom is -0.338 e. The molecule has 3 N–H and O–H groups in total. The molecule has 1 aromatic carbocycles. The van der Waals surface area contributed by atoms with Gasteiger partial charge in [-0.1, -0.05) is 44.9 Å². The van der Waals surface area contributed by atoms with Gasteiger partial charge in [-0.05, 0) is 36.6 Å². The van der Waals surface area contributed by atoms with Crippen LogP contribution in [-0.2, 0) is 4.79 Å². The number of carbonyl (C=O) groups is 2. The van der Waals surface area contributed by atoms with Gasteiger partial charge in [-0.15, -0.1) is 10.2 Å². The van der Waals surface area contributed by atoms with E-state index in [1.165, 1.54) is 23.5 Å². The molecular formula is C19H26FN5O2S. The summed E-state index contributed by atoms with van der Waals surface area (Å²) >= 11 is 1.19. The van der Waals surface area contributed by atoms with Crippen molar-refractivity contribution < 1.29 is 14.0 Å². The van der Waals surface area contributed by atoms with Crippen LogP contribution >= 0.6 is 11.3 Å². The van der Waals surface area contributed by atoms with Crippen LogP contribution in [0.2, 0.25) is 0 Å². The van der Waals surface area contributed by atoms with Gasteiger partial charge in [0, 0.05) is 12.1 Å². The molecular weight excluding hydrogens is 381 g/mol. The van der Waals surface area contributed by atoms with E-state index in [9.17, 15) is 14.0 Å². The molecule has 0 fully saturated rings. The molecule has 1 heterocycles. The van der Waals surface area contributed by atoms with Crippen molar-refractivity contribution in [2.75, 3.05) is 11.9 Å². The van der Waals surface area contributed by atoms with Gasteiger partial charge in [-0.25, -0.2) is 9.18 Å². The predicted molar refractivity (Wildman–Crippen MR) is 109 cm³/mol. The lowest BCUT2D eigenvalue weighted by Crippen LogP contribution is -2.51. The smallest absolute Gasteiger partial charge is 0.315 e. The van der Waals surface area contributed by atoms with E-state index in [1.54, 1.807) is 12.1 Å². The Morgan fingerprint density at radius 2 is 1.89 bits per heavy atom. The number of unbranched alkanes of at least 4 members (excludes halogenated alkanes) is 1. The fraction of sp³-hybridized carbons (Fsp3) is 0.474. The minimum absolute atomic E-state index is 0.0542. The van der Waals surface area contributed by atoms with Crippen molar-refractivity contribution in [3.63, 3.8) is 0 Å². The van der Waals surface area contributed by atoms with Gasteiger partial charge in [0.15, 0.2) is 0 Å². The van der Waals surface area contributed by atoms with E-state index in [1.807, 2.05) is 20.8 Å². The van der Waals surface area contributed by atoms with E-state index in [4.69, 9.17) is 0 Å². The van der Waals surface area contributed by atoms with E-state index in [2.05, 4.69) is 26.1 Å². The molecule has 3 amide bonds. The van der Waals surface area contributed by atoms with Crippen LogP contribution in [0, 0.1) is 11.7 Å². The van der Waals surface area contributed by atoms with Crippen LogP contribution in [0.4, 0.5) is 14.3 Å². The molecule has 0 spiro atoms. The third kappa shape index (κ3) is 6.26. The van der Waals surface area contributed by atoms with Crippen LogP contribution in [0.25, 0.3) is 10.6 Å². The zero-order valence-corrected chi connectivity index (χ0v) is 17.1. The normalized spacial score (nSPS) is 12.9. The lowest BCUT2D eigenvalue weighted by atomic mass is 9.98. The number of hydrogen-bond donors (Lipinski definition) is 3. The molecule has 7 nitrogen and oxygen atoms in total. The van der Waals surface area contributed by atoms with Gasteiger partial charge in [0.05, 0.1) is 0 Å². The summed E-state index contributed by atoms with van der Waals surface area (Å²) in [5, 5.41) is 17.1. The Morgan fingerprint density at radius 1 is 1.18 bits per heavy atom. The third-order valence-corrected chi connectivity index (χ3v) is 5.23. The highest BCUT2D eigenvalue weighted by Crippen LogP contribution is 2.26. The maximum absolute atomic E-state index is 13.1. The Morgan fingerprint density at radius 3 is 2.54 bits per heavy atom. The number of nitrogens with zero attached hydrogens (tertiary/aromatic N) is 2. The van der Waals surface area contributed by atoms with Crippen molar-refractivity contribution in [1.82, 2.24) is 20.8 Å². The number of aromatic nitrogens is 2. The van der Waals surface area contributed by atoms with Gasteiger partial charge >= 0.3 is 6.03 Å². The summed E-state index contributed by atoms with van der Waals surface area (Å²) in [7, 11) is 0. The number of nitrogens with one attached hydrogen (secondary N) is 3. The molecule has 2 rings (SSSR count). The zero-order valence-electron chi connectivity index (χ0n) is 16.3. The summed E-state index contributed by atoms with van der Waals surface area (Å²) in [5.74, 6) is -0.732. The molecule has 0 aliphatic carbocycles. The standard InChI is InChI=1S/C19H26FN5O2S/c1-4-6-11-21-18(27)22-15(12(3)5-2)16(26)23-19-25-24-17(28-19)13-7-9-14(20)10-8-13/h7-10,12,15H,4-6,11H2,1-3H3,(H2,21,22,27)(H,23,25,26)/t12-,15-/m1/s1. The second-order valence-electron chi connectivity index (χ2n) is 6.53. The fourth-order valence-corrected chi connectivity index (χ4v) is 3.19. The number of hydrogen-bond acceptors (Lipinski definition) is 5. The number of urea groups is 1. The number of rotatable bonds is 9. The summed E-state index contributed by atoms with van der Waals surface area (Å²) in [4.78, 5) is 24.8. The summed E-state index contributed by atoms with van der Waals surface area (Å²) < 4.78 is 13.1. The second kappa shape index (κ2) is 10.7. The fourth-order valence-electron chi connectivity index (χ4n) is 2.44. The first-order chi connectivity index (χ1) is 13.4. The van der Waals surface area contributed by atoms with Crippen LogP contribution in [0.5, 0.6) is 0 Å². The molecule has 9 heteroatoms. The van der Waals surface area contributed by atoms with Crippen LogP contribution in [0.15, 0.2) is 24.3 Å². The van der Waals surface area contributed by atoms with Gasteiger partial charge in [-0.3, -0.25) is 10.1 Å². The summed E-state index contributed by atoms with van der Waals surface area (Å²) in [6.07, 6.45) is 2.58. The van der Waals surface area contributed by atoms with Gasteiger partial charge in [-0.2, -0.15) is 0 Å². The Labute approximate surface area is 168 Å². The largest absolute Gasteiger partial charge is 0.338 e. The van der Waals surface area contributed by atoms with Gasteiger partial charge < -0.3 is 10.6 Å². The average Bonchev–Trinajstić information content (AvgIpc) is 3.14. The van der Waals surface area contributed by atoms with Crippen LogP contribution in [0.1, 0.15) is 40.0 Å². The summed E-state index contributed by atoms with van der Waals surface area (Å²) in [6.45, 7) is 6.46. The molecule has 0 radical (unpaired) electrons. The highest BCUT2D eigenvalue weighted by molar-refractivity contribution is 7.18.